The van der Waals surface area contributed by atoms with E-state index >= 15 is 0 Å². The van der Waals surface area contributed by atoms with E-state index < -0.39 is 0 Å². The number of rotatable bonds is 4. The van der Waals surface area contributed by atoms with Crippen molar-refractivity contribution in [2.24, 2.45) is 5.92 Å². The van der Waals surface area contributed by atoms with Crippen LogP contribution >= 0.6 is 11.6 Å². The maximum absolute atomic E-state index is 6.01. The van der Waals surface area contributed by atoms with E-state index in [4.69, 9.17) is 16.3 Å². The summed E-state index contributed by atoms with van der Waals surface area (Å²) in [6, 6.07) is 6.09. The normalized spacial score (nSPS) is 11.1. The molecule has 0 radical (unpaired) electrons. The number of hydrogen-bond donors (Lipinski definition) is 1. The Hall–Kier alpha value is -1.48. The summed E-state index contributed by atoms with van der Waals surface area (Å²) < 4.78 is 5.36. The zero-order valence-electron chi connectivity index (χ0n) is 11.7. The number of aromatic amines is 1. The molecule has 0 aliphatic rings. The Morgan fingerprint density at radius 1 is 1.37 bits per heavy atom. The van der Waals surface area contributed by atoms with Gasteiger partial charge in [0.1, 0.15) is 5.75 Å². The van der Waals surface area contributed by atoms with Crippen LogP contribution in [0.5, 0.6) is 5.75 Å². The average molecular weight is 279 g/mol. The van der Waals surface area contributed by atoms with Crippen molar-refractivity contribution in [3.8, 4) is 17.0 Å². The van der Waals surface area contributed by atoms with Crippen molar-refractivity contribution in [1.29, 1.82) is 0 Å². The fraction of sp³-hybridized carbons (Fsp3) is 0.400. The van der Waals surface area contributed by atoms with E-state index in [1.165, 1.54) is 0 Å². The van der Waals surface area contributed by atoms with Gasteiger partial charge in [0, 0.05) is 11.3 Å². The van der Waals surface area contributed by atoms with Gasteiger partial charge in [0.15, 0.2) is 0 Å². The predicted molar refractivity (Wildman–Crippen MR) is 78.9 cm³/mol. The molecule has 102 valence electrons. The monoisotopic (exact) mass is 278 g/mol. The van der Waals surface area contributed by atoms with Crippen LogP contribution in [0.15, 0.2) is 18.2 Å². The van der Waals surface area contributed by atoms with Crippen LogP contribution in [-0.4, -0.2) is 17.1 Å². The zero-order chi connectivity index (χ0) is 14.0. The minimum Gasteiger partial charge on any atom is -0.496 e. The maximum atomic E-state index is 6.01. The summed E-state index contributed by atoms with van der Waals surface area (Å²) in [7, 11) is 1.68. The second-order valence-corrected chi connectivity index (χ2v) is 5.50. The number of nitrogens with one attached hydrogen (secondary N) is 1. The number of imidazole rings is 1. The van der Waals surface area contributed by atoms with Gasteiger partial charge in [0.25, 0.3) is 0 Å². The minimum atomic E-state index is 0.435. The Labute approximate surface area is 119 Å². The van der Waals surface area contributed by atoms with Crippen molar-refractivity contribution >= 4 is 11.6 Å². The summed E-state index contributed by atoms with van der Waals surface area (Å²) in [5, 5.41) is 0.435. The van der Waals surface area contributed by atoms with Crippen LogP contribution in [0, 0.1) is 12.8 Å². The molecule has 0 bridgehead atoms. The number of methoxy groups -OCH3 is 1. The van der Waals surface area contributed by atoms with E-state index in [0.717, 1.165) is 34.7 Å². The molecule has 1 aromatic heterocycles. The van der Waals surface area contributed by atoms with Gasteiger partial charge in [-0.25, -0.2) is 4.98 Å². The van der Waals surface area contributed by atoms with E-state index in [1.807, 2.05) is 25.1 Å². The number of benzene rings is 1. The highest BCUT2D eigenvalue weighted by atomic mass is 35.5. The molecule has 0 unspecified atom stereocenters. The minimum absolute atomic E-state index is 0.435. The quantitative estimate of drug-likeness (QED) is 0.908. The smallest absolute Gasteiger partial charge is 0.200 e. The van der Waals surface area contributed by atoms with Gasteiger partial charge in [-0.2, -0.15) is 0 Å². The van der Waals surface area contributed by atoms with Crippen LogP contribution in [0.2, 0.25) is 5.28 Å². The first-order valence-corrected chi connectivity index (χ1v) is 6.78. The van der Waals surface area contributed by atoms with Gasteiger partial charge >= 0.3 is 0 Å². The van der Waals surface area contributed by atoms with Gasteiger partial charge in [-0.05, 0) is 42.5 Å². The molecule has 19 heavy (non-hydrogen) atoms. The summed E-state index contributed by atoms with van der Waals surface area (Å²) >= 11 is 6.01. The molecule has 0 amide bonds. The molecule has 0 fully saturated rings. The molecule has 0 spiro atoms. The molecule has 4 heteroatoms. The molecule has 1 heterocycles. The summed E-state index contributed by atoms with van der Waals surface area (Å²) in [4.78, 5) is 7.53. The fourth-order valence-electron chi connectivity index (χ4n) is 2.14. The summed E-state index contributed by atoms with van der Waals surface area (Å²) in [5.41, 5.74) is 4.13. The number of ether oxygens (including phenoxy) is 1. The first kappa shape index (κ1) is 13.9. The topological polar surface area (TPSA) is 37.9 Å². The number of H-pyrrole nitrogens is 1. The zero-order valence-corrected chi connectivity index (χ0v) is 12.5. The Morgan fingerprint density at radius 2 is 2.11 bits per heavy atom. The molecule has 1 aromatic carbocycles. The molecule has 0 saturated carbocycles. The molecule has 3 nitrogen and oxygen atoms in total. The molecular formula is C15H19ClN2O. The van der Waals surface area contributed by atoms with Crippen molar-refractivity contribution in [3.63, 3.8) is 0 Å². The van der Waals surface area contributed by atoms with Crippen molar-refractivity contribution in [3.05, 3.63) is 34.7 Å². The number of hydrogen-bond acceptors (Lipinski definition) is 2. The highest BCUT2D eigenvalue weighted by molar-refractivity contribution is 6.28. The number of nitrogens with zero attached hydrogens (tertiary/aromatic N) is 1. The molecule has 0 aliphatic heterocycles. The van der Waals surface area contributed by atoms with Crippen molar-refractivity contribution in [1.82, 2.24) is 9.97 Å². The van der Waals surface area contributed by atoms with Crippen LogP contribution in [-0.2, 0) is 6.42 Å². The molecule has 1 N–H and O–H groups in total. The Morgan fingerprint density at radius 3 is 2.74 bits per heavy atom. The van der Waals surface area contributed by atoms with E-state index in [-0.39, 0.29) is 0 Å². The van der Waals surface area contributed by atoms with Crippen molar-refractivity contribution < 1.29 is 4.74 Å². The van der Waals surface area contributed by atoms with Crippen LogP contribution in [0.3, 0.4) is 0 Å². The van der Waals surface area contributed by atoms with Crippen LogP contribution in [0.1, 0.15) is 25.1 Å². The van der Waals surface area contributed by atoms with Gasteiger partial charge < -0.3 is 9.72 Å². The first-order valence-electron chi connectivity index (χ1n) is 6.40. The standard InChI is InChI=1S/C15H19ClN2O/c1-9(2)7-12-14(18-15(16)17-12)11-6-5-10(3)13(8-11)19-4/h5-6,8-9H,7H2,1-4H3,(H,17,18). The fourth-order valence-corrected chi connectivity index (χ4v) is 2.34. The lowest BCUT2D eigenvalue weighted by Crippen LogP contribution is -1.97. The lowest BCUT2D eigenvalue weighted by atomic mass is 10.0. The van der Waals surface area contributed by atoms with Crippen LogP contribution in [0.4, 0.5) is 0 Å². The summed E-state index contributed by atoms with van der Waals surface area (Å²) in [5.74, 6) is 1.41. The third-order valence-electron chi connectivity index (χ3n) is 3.04. The SMILES string of the molecule is COc1cc(-c2nc(Cl)[nH]c2CC(C)C)ccc1C. The second-order valence-electron chi connectivity index (χ2n) is 5.14. The third-order valence-corrected chi connectivity index (χ3v) is 3.22. The Kier molecular flexibility index (Phi) is 4.15. The van der Waals surface area contributed by atoms with Gasteiger partial charge in [0.05, 0.1) is 12.8 Å². The number of halogens is 1. The van der Waals surface area contributed by atoms with E-state index in [9.17, 15) is 0 Å². The molecule has 2 aromatic rings. The highest BCUT2D eigenvalue weighted by Gasteiger charge is 2.14. The largest absolute Gasteiger partial charge is 0.496 e. The first-order chi connectivity index (χ1) is 9.01. The molecular weight excluding hydrogens is 260 g/mol. The lowest BCUT2D eigenvalue weighted by Gasteiger charge is -2.09. The van der Waals surface area contributed by atoms with Crippen molar-refractivity contribution in [2.45, 2.75) is 27.2 Å². The van der Waals surface area contributed by atoms with Crippen LogP contribution < -0.4 is 4.74 Å². The second kappa shape index (κ2) is 5.66. The van der Waals surface area contributed by atoms with E-state index in [1.54, 1.807) is 7.11 Å². The third kappa shape index (κ3) is 3.10. The summed E-state index contributed by atoms with van der Waals surface area (Å²) in [6.45, 7) is 6.37. The molecule has 0 saturated heterocycles. The van der Waals surface area contributed by atoms with Gasteiger partial charge in [0.2, 0.25) is 5.28 Å². The van der Waals surface area contributed by atoms with E-state index in [2.05, 4.69) is 23.8 Å². The highest BCUT2D eigenvalue weighted by Crippen LogP contribution is 2.29. The average Bonchev–Trinajstić information content (AvgIpc) is 2.70. The Bertz CT molecular complexity index is 576. The molecule has 0 atom stereocenters. The van der Waals surface area contributed by atoms with Crippen molar-refractivity contribution in [2.75, 3.05) is 7.11 Å². The van der Waals surface area contributed by atoms with E-state index in [0.29, 0.717) is 11.2 Å². The number of aromatic nitrogens is 2. The predicted octanol–water partition coefficient (Wildman–Crippen LogP) is 4.25. The van der Waals surface area contributed by atoms with Gasteiger partial charge in [-0.1, -0.05) is 26.0 Å². The number of aryl methyl sites for hydroxylation is 1. The van der Waals surface area contributed by atoms with Gasteiger partial charge in [-0.3, -0.25) is 0 Å². The maximum Gasteiger partial charge on any atom is 0.200 e. The van der Waals surface area contributed by atoms with Crippen LogP contribution in [0.25, 0.3) is 11.3 Å². The Balaban J connectivity index is 2.46. The summed E-state index contributed by atoms with van der Waals surface area (Å²) in [6.07, 6.45) is 0.922. The van der Waals surface area contributed by atoms with Gasteiger partial charge in [-0.15, -0.1) is 0 Å². The molecule has 2 rings (SSSR count). The molecule has 0 aliphatic carbocycles. The lowest BCUT2D eigenvalue weighted by molar-refractivity contribution is 0.412.